The smallest absolute Gasteiger partial charge is 0.315 e. The molecule has 0 saturated carbocycles. The fraction of sp³-hybridized carbons (Fsp3) is 0.474. The summed E-state index contributed by atoms with van der Waals surface area (Å²) in [4.78, 5) is 14.5. The summed E-state index contributed by atoms with van der Waals surface area (Å²) < 4.78 is 1.77. The third-order valence-corrected chi connectivity index (χ3v) is 4.30. The molecule has 0 radical (unpaired) electrons. The Morgan fingerprint density at radius 1 is 1.20 bits per heavy atom. The number of aromatic nitrogens is 2. The molecule has 0 aliphatic rings. The molecule has 1 aromatic carbocycles. The second-order valence-corrected chi connectivity index (χ2v) is 6.91. The summed E-state index contributed by atoms with van der Waals surface area (Å²) >= 11 is 0. The van der Waals surface area contributed by atoms with Crippen molar-refractivity contribution in [3.63, 3.8) is 0 Å². The third-order valence-electron chi connectivity index (χ3n) is 4.30. The predicted octanol–water partition coefficient (Wildman–Crippen LogP) is 2.72. The Bertz CT molecular complexity index is 665. The molecule has 2 aromatic rings. The van der Waals surface area contributed by atoms with Gasteiger partial charge in [0, 0.05) is 25.4 Å². The Morgan fingerprint density at radius 3 is 2.40 bits per heavy atom. The highest BCUT2D eigenvalue weighted by molar-refractivity contribution is 5.74. The highest BCUT2D eigenvalue weighted by atomic mass is 16.2. The Labute approximate surface area is 150 Å². The molecule has 0 bridgehead atoms. The SMILES string of the molecule is CC(C)C(NC(=O)NCC(c1cnn(C)c1)N(C)C)c1ccccc1. The molecule has 0 fully saturated rings. The quantitative estimate of drug-likeness (QED) is 0.812. The zero-order valence-electron chi connectivity index (χ0n) is 15.7. The topological polar surface area (TPSA) is 62.2 Å². The van der Waals surface area contributed by atoms with E-state index < -0.39 is 0 Å². The molecule has 2 amide bonds. The van der Waals surface area contributed by atoms with Gasteiger partial charge in [0.2, 0.25) is 0 Å². The van der Waals surface area contributed by atoms with E-state index in [0.29, 0.717) is 12.5 Å². The van der Waals surface area contributed by atoms with Gasteiger partial charge >= 0.3 is 6.03 Å². The largest absolute Gasteiger partial charge is 0.336 e. The van der Waals surface area contributed by atoms with E-state index >= 15 is 0 Å². The monoisotopic (exact) mass is 343 g/mol. The molecule has 6 nitrogen and oxygen atoms in total. The lowest BCUT2D eigenvalue weighted by Gasteiger charge is -2.26. The van der Waals surface area contributed by atoms with Gasteiger partial charge < -0.3 is 15.5 Å². The minimum Gasteiger partial charge on any atom is -0.336 e. The minimum absolute atomic E-state index is 0.0163. The van der Waals surface area contributed by atoms with Gasteiger partial charge in [-0.25, -0.2) is 4.79 Å². The number of benzene rings is 1. The molecular weight excluding hydrogens is 314 g/mol. The maximum Gasteiger partial charge on any atom is 0.315 e. The van der Waals surface area contributed by atoms with Crippen molar-refractivity contribution in [3.05, 3.63) is 53.9 Å². The van der Waals surface area contributed by atoms with Crippen molar-refractivity contribution < 1.29 is 4.79 Å². The molecule has 1 heterocycles. The van der Waals surface area contributed by atoms with Gasteiger partial charge in [0.1, 0.15) is 0 Å². The number of aryl methyl sites for hydroxylation is 1. The van der Waals surface area contributed by atoms with Crippen LogP contribution >= 0.6 is 0 Å². The Hall–Kier alpha value is -2.34. The van der Waals surface area contributed by atoms with Crippen LogP contribution < -0.4 is 10.6 Å². The van der Waals surface area contributed by atoms with Crippen molar-refractivity contribution in [3.8, 4) is 0 Å². The molecule has 0 aliphatic carbocycles. The zero-order chi connectivity index (χ0) is 18.4. The first-order valence-corrected chi connectivity index (χ1v) is 8.62. The van der Waals surface area contributed by atoms with Crippen LogP contribution in [0.4, 0.5) is 4.79 Å². The Balaban J connectivity index is 1.98. The maximum absolute atomic E-state index is 12.4. The average molecular weight is 343 g/mol. The average Bonchev–Trinajstić information content (AvgIpc) is 2.99. The molecule has 2 atom stereocenters. The van der Waals surface area contributed by atoms with E-state index in [1.165, 1.54) is 0 Å². The van der Waals surface area contributed by atoms with Crippen LogP contribution in [0.15, 0.2) is 42.7 Å². The molecule has 2 unspecified atom stereocenters. The molecule has 2 rings (SSSR count). The standard InChI is InChI=1S/C19H29N5O/c1-14(2)18(15-9-7-6-8-10-15)22-19(25)20-12-17(23(3)4)16-11-21-24(5)13-16/h6-11,13-14,17-18H,12H2,1-5H3,(H2,20,22,25). The van der Waals surface area contributed by atoms with Crippen molar-refractivity contribution >= 4 is 6.03 Å². The van der Waals surface area contributed by atoms with Crippen molar-refractivity contribution in [2.45, 2.75) is 25.9 Å². The lowest BCUT2D eigenvalue weighted by Crippen LogP contribution is -2.43. The number of nitrogens with zero attached hydrogens (tertiary/aromatic N) is 3. The molecule has 1 aromatic heterocycles. The van der Waals surface area contributed by atoms with Crippen LogP contribution in [-0.2, 0) is 7.05 Å². The van der Waals surface area contributed by atoms with Gasteiger partial charge in [-0.05, 0) is 25.6 Å². The van der Waals surface area contributed by atoms with Gasteiger partial charge in [-0.15, -0.1) is 0 Å². The van der Waals surface area contributed by atoms with E-state index in [4.69, 9.17) is 0 Å². The van der Waals surface area contributed by atoms with Gasteiger partial charge in [-0.1, -0.05) is 44.2 Å². The maximum atomic E-state index is 12.4. The summed E-state index contributed by atoms with van der Waals surface area (Å²) in [5.74, 6) is 0.302. The number of carbonyl (C=O) groups excluding carboxylic acids is 1. The number of likely N-dealkylation sites (N-methyl/N-ethyl adjacent to an activating group) is 1. The predicted molar refractivity (Wildman–Crippen MR) is 100 cm³/mol. The first-order valence-electron chi connectivity index (χ1n) is 8.62. The van der Waals surface area contributed by atoms with E-state index in [-0.39, 0.29) is 18.1 Å². The molecule has 0 spiro atoms. The molecule has 0 aliphatic heterocycles. The summed E-state index contributed by atoms with van der Waals surface area (Å²) in [7, 11) is 5.89. The number of carbonyl (C=O) groups is 1. The number of hydrogen-bond donors (Lipinski definition) is 2. The highest BCUT2D eigenvalue weighted by Gasteiger charge is 2.20. The lowest BCUT2D eigenvalue weighted by molar-refractivity contribution is 0.225. The normalized spacial score (nSPS) is 13.7. The van der Waals surface area contributed by atoms with Gasteiger partial charge in [-0.3, -0.25) is 4.68 Å². The van der Waals surface area contributed by atoms with E-state index in [1.807, 2.05) is 63.9 Å². The van der Waals surface area contributed by atoms with Gasteiger partial charge in [-0.2, -0.15) is 5.10 Å². The van der Waals surface area contributed by atoms with Crippen LogP contribution in [0.5, 0.6) is 0 Å². The van der Waals surface area contributed by atoms with Crippen LogP contribution in [0.3, 0.4) is 0 Å². The molecule has 6 heteroatoms. The summed E-state index contributed by atoms with van der Waals surface area (Å²) in [6.45, 7) is 4.73. The Kier molecular flexibility index (Phi) is 6.58. The van der Waals surface area contributed by atoms with Gasteiger partial charge in [0.15, 0.2) is 0 Å². The number of urea groups is 1. The van der Waals surface area contributed by atoms with Gasteiger partial charge in [0.25, 0.3) is 0 Å². The summed E-state index contributed by atoms with van der Waals surface area (Å²) in [5.41, 5.74) is 2.19. The number of nitrogens with one attached hydrogen (secondary N) is 2. The van der Waals surface area contributed by atoms with Crippen LogP contribution in [0, 0.1) is 5.92 Å². The summed E-state index contributed by atoms with van der Waals surface area (Å²) in [6, 6.07) is 9.97. The highest BCUT2D eigenvalue weighted by Crippen LogP contribution is 2.21. The number of rotatable bonds is 7. The summed E-state index contributed by atoms with van der Waals surface area (Å²) in [5, 5.41) is 10.3. The molecular formula is C19H29N5O. The second kappa shape index (κ2) is 8.67. The van der Waals surface area contributed by atoms with E-state index in [1.54, 1.807) is 4.68 Å². The first kappa shape index (κ1) is 19.0. The van der Waals surface area contributed by atoms with E-state index in [9.17, 15) is 4.79 Å². The van der Waals surface area contributed by atoms with Crippen molar-refractivity contribution in [1.29, 1.82) is 0 Å². The van der Waals surface area contributed by atoms with Crippen molar-refractivity contribution in [2.24, 2.45) is 13.0 Å². The van der Waals surface area contributed by atoms with Crippen LogP contribution in [0.25, 0.3) is 0 Å². The first-order chi connectivity index (χ1) is 11.9. The fourth-order valence-corrected chi connectivity index (χ4v) is 2.89. The van der Waals surface area contributed by atoms with Gasteiger partial charge in [0.05, 0.1) is 18.3 Å². The van der Waals surface area contributed by atoms with E-state index in [0.717, 1.165) is 11.1 Å². The molecule has 0 saturated heterocycles. The lowest BCUT2D eigenvalue weighted by atomic mass is 9.96. The number of amides is 2. The summed E-state index contributed by atoms with van der Waals surface area (Å²) in [6.07, 6.45) is 3.82. The molecule has 25 heavy (non-hydrogen) atoms. The van der Waals surface area contributed by atoms with Crippen LogP contribution in [0.1, 0.15) is 37.1 Å². The van der Waals surface area contributed by atoms with Crippen LogP contribution in [0.2, 0.25) is 0 Å². The van der Waals surface area contributed by atoms with Crippen LogP contribution in [-0.4, -0.2) is 41.4 Å². The third kappa shape index (κ3) is 5.32. The number of hydrogen-bond acceptors (Lipinski definition) is 3. The second-order valence-electron chi connectivity index (χ2n) is 6.91. The zero-order valence-corrected chi connectivity index (χ0v) is 15.7. The van der Waals surface area contributed by atoms with Crippen molar-refractivity contribution in [2.75, 3.05) is 20.6 Å². The molecule has 136 valence electrons. The minimum atomic E-state index is -0.154. The van der Waals surface area contributed by atoms with Crippen molar-refractivity contribution in [1.82, 2.24) is 25.3 Å². The van der Waals surface area contributed by atoms with E-state index in [2.05, 4.69) is 34.5 Å². The fourth-order valence-electron chi connectivity index (χ4n) is 2.89. The molecule has 2 N–H and O–H groups in total. The Morgan fingerprint density at radius 2 is 1.88 bits per heavy atom.